The van der Waals surface area contributed by atoms with E-state index in [1.54, 1.807) is 0 Å². The number of likely N-dealkylation sites (tertiary alicyclic amines) is 1. The Labute approximate surface area is 150 Å². The van der Waals surface area contributed by atoms with E-state index in [-0.39, 0.29) is 5.97 Å². The number of esters is 1. The monoisotopic (exact) mass is 349 g/mol. The minimum absolute atomic E-state index is 0.129. The lowest BCUT2D eigenvalue weighted by molar-refractivity contribution is -0.140. The third kappa shape index (κ3) is 6.07. The number of rotatable bonds is 8. The zero-order valence-corrected chi connectivity index (χ0v) is 15.7. The molecule has 7 nitrogen and oxygen atoms in total. The minimum atomic E-state index is -0.129. The van der Waals surface area contributed by atoms with Crippen molar-refractivity contribution in [1.82, 2.24) is 20.0 Å². The van der Waals surface area contributed by atoms with Gasteiger partial charge in [-0.25, -0.2) is 0 Å². The Hall–Kier alpha value is -2.05. The van der Waals surface area contributed by atoms with Crippen molar-refractivity contribution in [2.45, 2.75) is 44.9 Å². The van der Waals surface area contributed by atoms with Crippen LogP contribution in [-0.2, 0) is 16.6 Å². The maximum atomic E-state index is 11.1. The summed E-state index contributed by atoms with van der Waals surface area (Å²) in [6.07, 6.45) is 8.57. The van der Waals surface area contributed by atoms with E-state index in [9.17, 15) is 4.79 Å². The molecule has 1 aromatic heterocycles. The fourth-order valence-electron chi connectivity index (χ4n) is 3.15. The largest absolute Gasteiger partial charge is 0.469 e. The molecule has 1 fully saturated rings. The van der Waals surface area contributed by atoms with Crippen molar-refractivity contribution < 1.29 is 9.53 Å². The lowest BCUT2D eigenvalue weighted by Crippen LogP contribution is -2.40. The first kappa shape index (κ1) is 19.3. The van der Waals surface area contributed by atoms with Crippen LogP contribution in [0.15, 0.2) is 17.4 Å². The Balaban J connectivity index is 1.78. The standard InChI is InChI=1S/C18H31N5O2/c1-4-19-18(20-10-7-5-6-8-17(24)25-3)23-11-9-15(14-23)16-12-21-22(2)13-16/h12-13,15H,4-11,14H2,1-3H3,(H,19,20). The van der Waals surface area contributed by atoms with Gasteiger partial charge in [-0.1, -0.05) is 6.42 Å². The quantitative estimate of drug-likeness (QED) is 0.336. The predicted octanol–water partition coefficient (Wildman–Crippen LogP) is 1.91. The number of nitrogens with one attached hydrogen (secondary N) is 1. The number of hydrogen-bond acceptors (Lipinski definition) is 4. The zero-order valence-electron chi connectivity index (χ0n) is 15.7. The average molecular weight is 349 g/mol. The molecule has 1 atom stereocenters. The van der Waals surface area contributed by atoms with Crippen LogP contribution in [0.5, 0.6) is 0 Å². The molecule has 1 saturated heterocycles. The van der Waals surface area contributed by atoms with Crippen molar-refractivity contribution >= 4 is 11.9 Å². The van der Waals surface area contributed by atoms with Gasteiger partial charge >= 0.3 is 5.97 Å². The Morgan fingerprint density at radius 3 is 2.96 bits per heavy atom. The van der Waals surface area contributed by atoms with Crippen molar-refractivity contribution in [2.75, 3.05) is 33.3 Å². The molecule has 25 heavy (non-hydrogen) atoms. The van der Waals surface area contributed by atoms with Crippen LogP contribution in [-0.4, -0.2) is 59.9 Å². The number of aromatic nitrogens is 2. The van der Waals surface area contributed by atoms with Gasteiger partial charge in [-0.15, -0.1) is 0 Å². The van der Waals surface area contributed by atoms with E-state index in [1.165, 1.54) is 12.7 Å². The SMILES string of the molecule is CCNC(=NCCCCCC(=O)OC)N1CCC(c2cnn(C)c2)C1. The van der Waals surface area contributed by atoms with Crippen molar-refractivity contribution in [1.29, 1.82) is 0 Å². The second kappa shape index (κ2) is 10.1. The number of carbonyl (C=O) groups excluding carboxylic acids is 1. The maximum absolute atomic E-state index is 11.1. The van der Waals surface area contributed by atoms with Crippen LogP contribution in [0.4, 0.5) is 0 Å². The lowest BCUT2D eigenvalue weighted by Gasteiger charge is -2.21. The summed E-state index contributed by atoms with van der Waals surface area (Å²) in [7, 11) is 3.39. The summed E-state index contributed by atoms with van der Waals surface area (Å²) >= 11 is 0. The highest BCUT2D eigenvalue weighted by Crippen LogP contribution is 2.26. The summed E-state index contributed by atoms with van der Waals surface area (Å²) in [5.41, 5.74) is 1.31. The van der Waals surface area contributed by atoms with Crippen molar-refractivity contribution in [3.8, 4) is 0 Å². The first-order chi connectivity index (χ1) is 12.1. The molecule has 140 valence electrons. The van der Waals surface area contributed by atoms with Gasteiger partial charge in [-0.05, 0) is 31.7 Å². The molecule has 7 heteroatoms. The van der Waals surface area contributed by atoms with Crippen LogP contribution in [0.3, 0.4) is 0 Å². The van der Waals surface area contributed by atoms with Crippen LogP contribution >= 0.6 is 0 Å². The number of nitrogens with zero attached hydrogens (tertiary/aromatic N) is 4. The molecular weight excluding hydrogens is 318 g/mol. The summed E-state index contributed by atoms with van der Waals surface area (Å²) in [6, 6.07) is 0. The highest BCUT2D eigenvalue weighted by atomic mass is 16.5. The second-order valence-electron chi connectivity index (χ2n) is 6.50. The van der Waals surface area contributed by atoms with Crippen molar-refractivity contribution in [3.63, 3.8) is 0 Å². The van der Waals surface area contributed by atoms with Gasteiger partial charge in [-0.3, -0.25) is 14.5 Å². The van der Waals surface area contributed by atoms with Crippen LogP contribution < -0.4 is 5.32 Å². The van der Waals surface area contributed by atoms with Gasteiger partial charge in [0.15, 0.2) is 5.96 Å². The summed E-state index contributed by atoms with van der Waals surface area (Å²) < 4.78 is 6.52. The summed E-state index contributed by atoms with van der Waals surface area (Å²) in [5, 5.41) is 7.68. The number of unbranched alkanes of at least 4 members (excludes halogenated alkanes) is 2. The van der Waals surface area contributed by atoms with E-state index in [1.807, 2.05) is 17.9 Å². The molecule has 1 N–H and O–H groups in total. The first-order valence-corrected chi connectivity index (χ1v) is 9.22. The number of aryl methyl sites for hydroxylation is 1. The third-order valence-electron chi connectivity index (χ3n) is 4.55. The molecule has 0 amide bonds. The fraction of sp³-hybridized carbons (Fsp3) is 0.722. The van der Waals surface area contributed by atoms with E-state index in [0.717, 1.165) is 57.8 Å². The first-order valence-electron chi connectivity index (χ1n) is 9.22. The number of ether oxygens (including phenoxy) is 1. The Morgan fingerprint density at radius 2 is 2.28 bits per heavy atom. The molecular formula is C18H31N5O2. The number of carbonyl (C=O) groups is 1. The molecule has 2 heterocycles. The maximum Gasteiger partial charge on any atom is 0.305 e. The lowest BCUT2D eigenvalue weighted by atomic mass is 10.0. The van der Waals surface area contributed by atoms with Gasteiger partial charge in [-0.2, -0.15) is 5.10 Å². The molecule has 2 rings (SSSR count). The number of aliphatic imine (C=N–C) groups is 1. The number of hydrogen-bond donors (Lipinski definition) is 1. The molecule has 0 radical (unpaired) electrons. The molecule has 1 aromatic rings. The summed E-state index contributed by atoms with van der Waals surface area (Å²) in [6.45, 7) is 5.76. The normalized spacial score (nSPS) is 17.8. The molecule has 0 spiro atoms. The smallest absolute Gasteiger partial charge is 0.305 e. The van der Waals surface area contributed by atoms with Crippen LogP contribution in [0.25, 0.3) is 0 Å². The van der Waals surface area contributed by atoms with E-state index in [0.29, 0.717) is 12.3 Å². The molecule has 0 saturated carbocycles. The van der Waals surface area contributed by atoms with Gasteiger partial charge in [0.2, 0.25) is 0 Å². The van der Waals surface area contributed by atoms with E-state index >= 15 is 0 Å². The number of guanidine groups is 1. The predicted molar refractivity (Wildman–Crippen MR) is 98.6 cm³/mol. The highest BCUT2D eigenvalue weighted by molar-refractivity contribution is 5.80. The summed E-state index contributed by atoms with van der Waals surface area (Å²) in [4.78, 5) is 18.2. The molecule has 0 aliphatic carbocycles. The fourth-order valence-corrected chi connectivity index (χ4v) is 3.15. The van der Waals surface area contributed by atoms with Gasteiger partial charge in [0.25, 0.3) is 0 Å². The second-order valence-corrected chi connectivity index (χ2v) is 6.50. The van der Waals surface area contributed by atoms with E-state index < -0.39 is 0 Å². The van der Waals surface area contributed by atoms with Crippen LogP contribution in [0.1, 0.15) is 50.5 Å². The van der Waals surface area contributed by atoms with Gasteiger partial charge in [0, 0.05) is 51.8 Å². The molecule has 0 bridgehead atoms. The minimum Gasteiger partial charge on any atom is -0.469 e. The number of methoxy groups -OCH3 is 1. The Morgan fingerprint density at radius 1 is 1.44 bits per heavy atom. The Bertz CT molecular complexity index is 570. The van der Waals surface area contributed by atoms with Crippen molar-refractivity contribution in [2.24, 2.45) is 12.0 Å². The third-order valence-corrected chi connectivity index (χ3v) is 4.55. The zero-order chi connectivity index (χ0) is 18.1. The van der Waals surface area contributed by atoms with Crippen molar-refractivity contribution in [3.05, 3.63) is 18.0 Å². The van der Waals surface area contributed by atoms with E-state index in [2.05, 4.69) is 33.2 Å². The van der Waals surface area contributed by atoms with Crippen LogP contribution in [0.2, 0.25) is 0 Å². The van der Waals surface area contributed by atoms with Gasteiger partial charge in [0.05, 0.1) is 13.3 Å². The average Bonchev–Trinajstić information content (AvgIpc) is 3.25. The summed E-state index contributed by atoms with van der Waals surface area (Å²) in [5.74, 6) is 1.40. The molecule has 0 aromatic carbocycles. The van der Waals surface area contributed by atoms with Gasteiger partial charge in [0.1, 0.15) is 0 Å². The topological polar surface area (TPSA) is 71.8 Å². The van der Waals surface area contributed by atoms with Crippen LogP contribution in [0, 0.1) is 0 Å². The van der Waals surface area contributed by atoms with E-state index in [4.69, 9.17) is 4.99 Å². The molecule has 1 aliphatic heterocycles. The Kier molecular flexibility index (Phi) is 7.76. The molecule has 1 aliphatic rings. The van der Waals surface area contributed by atoms with Gasteiger partial charge < -0.3 is 15.0 Å². The molecule has 1 unspecified atom stereocenters. The highest BCUT2D eigenvalue weighted by Gasteiger charge is 2.26.